The molecule has 1 aromatic rings. The van der Waals surface area contributed by atoms with Gasteiger partial charge in [-0.15, -0.1) is 0 Å². The van der Waals surface area contributed by atoms with Crippen LogP contribution in [0.4, 0.5) is 0 Å². The van der Waals surface area contributed by atoms with E-state index in [0.717, 1.165) is 12.3 Å². The second kappa shape index (κ2) is 6.40. The average molecular weight is 262 g/mol. The number of nitrogens with zero attached hydrogens (tertiary/aromatic N) is 2. The molecule has 0 amide bonds. The van der Waals surface area contributed by atoms with Gasteiger partial charge in [-0.2, -0.15) is 0 Å². The Bertz CT molecular complexity index is 390. The first-order valence-corrected chi connectivity index (χ1v) is 7.21. The Morgan fingerprint density at radius 3 is 2.63 bits per heavy atom. The number of benzene rings is 1. The maximum absolute atomic E-state index is 9.30. The van der Waals surface area contributed by atoms with E-state index in [9.17, 15) is 5.11 Å². The molecule has 1 heterocycles. The van der Waals surface area contributed by atoms with Crippen LogP contribution < -0.4 is 0 Å². The van der Waals surface area contributed by atoms with Gasteiger partial charge < -0.3 is 14.9 Å². The molecule has 1 saturated heterocycles. The minimum Gasteiger partial charge on any atom is -0.508 e. The number of hydrogen-bond donors (Lipinski definition) is 1. The van der Waals surface area contributed by atoms with Crippen LogP contribution in [0.3, 0.4) is 0 Å². The third-order valence-electron chi connectivity index (χ3n) is 4.26. The molecular formula is C16H26N2O. The first-order valence-electron chi connectivity index (χ1n) is 7.21. The third kappa shape index (κ3) is 4.22. The molecular weight excluding hydrogens is 236 g/mol. The lowest BCUT2D eigenvalue weighted by atomic mass is 10.0. The van der Waals surface area contributed by atoms with Crippen LogP contribution in [0.15, 0.2) is 24.3 Å². The summed E-state index contributed by atoms with van der Waals surface area (Å²) in [7, 11) is 4.43. The van der Waals surface area contributed by atoms with E-state index in [1.54, 1.807) is 12.1 Å². The number of rotatable bonds is 5. The predicted octanol–water partition coefficient (Wildman–Crippen LogP) is 2.21. The second-order valence-corrected chi connectivity index (χ2v) is 6.08. The summed E-state index contributed by atoms with van der Waals surface area (Å²) in [5.41, 5.74) is 1.29. The zero-order valence-electron chi connectivity index (χ0n) is 12.3. The van der Waals surface area contributed by atoms with Crippen LogP contribution in [0, 0.1) is 5.92 Å². The molecule has 1 aliphatic heterocycles. The largest absolute Gasteiger partial charge is 0.508 e. The van der Waals surface area contributed by atoms with Gasteiger partial charge in [0.2, 0.25) is 0 Å². The molecule has 2 rings (SSSR count). The summed E-state index contributed by atoms with van der Waals surface area (Å²) in [6, 6.07) is 8.11. The molecule has 2 unspecified atom stereocenters. The number of likely N-dealkylation sites (tertiary alicyclic amines) is 1. The van der Waals surface area contributed by atoms with Gasteiger partial charge in [0.15, 0.2) is 0 Å². The minimum atomic E-state index is 0.346. The number of likely N-dealkylation sites (N-methyl/N-ethyl adjacent to an activating group) is 1. The summed E-state index contributed by atoms with van der Waals surface area (Å²) >= 11 is 0. The fraction of sp³-hybridized carbons (Fsp3) is 0.625. The van der Waals surface area contributed by atoms with E-state index in [-0.39, 0.29) is 0 Å². The SMILES string of the molecule is CC(Cc1ccc(O)cc1)N(C)CC1CCN(C)C1. The number of phenols is 1. The van der Waals surface area contributed by atoms with Gasteiger partial charge >= 0.3 is 0 Å². The van der Waals surface area contributed by atoms with Crippen molar-refractivity contribution in [2.75, 3.05) is 33.7 Å². The first kappa shape index (κ1) is 14.4. The molecule has 106 valence electrons. The first-order chi connectivity index (χ1) is 9.04. The van der Waals surface area contributed by atoms with Crippen LogP contribution >= 0.6 is 0 Å². The summed E-state index contributed by atoms with van der Waals surface area (Å²) in [4.78, 5) is 4.89. The van der Waals surface area contributed by atoms with Crippen molar-refractivity contribution in [1.82, 2.24) is 9.80 Å². The van der Waals surface area contributed by atoms with E-state index in [1.165, 1.54) is 31.6 Å². The van der Waals surface area contributed by atoms with E-state index in [1.807, 2.05) is 12.1 Å². The van der Waals surface area contributed by atoms with Gasteiger partial charge in [0.25, 0.3) is 0 Å². The molecule has 1 aromatic carbocycles. The molecule has 2 atom stereocenters. The topological polar surface area (TPSA) is 26.7 Å². The molecule has 0 spiro atoms. The fourth-order valence-corrected chi connectivity index (χ4v) is 2.89. The molecule has 0 bridgehead atoms. The standard InChI is InChI=1S/C16H26N2O/c1-13(10-14-4-6-16(19)7-5-14)18(3)12-15-8-9-17(2)11-15/h4-7,13,15,19H,8-12H2,1-3H3. The van der Waals surface area contributed by atoms with Crippen molar-refractivity contribution in [2.45, 2.75) is 25.8 Å². The zero-order chi connectivity index (χ0) is 13.8. The molecule has 1 aliphatic rings. The van der Waals surface area contributed by atoms with Crippen molar-refractivity contribution in [2.24, 2.45) is 5.92 Å². The highest BCUT2D eigenvalue weighted by Crippen LogP contribution is 2.18. The lowest BCUT2D eigenvalue weighted by Gasteiger charge is -2.27. The zero-order valence-corrected chi connectivity index (χ0v) is 12.3. The molecule has 3 heteroatoms. The summed E-state index contributed by atoms with van der Waals surface area (Å²) < 4.78 is 0. The van der Waals surface area contributed by atoms with Crippen LogP contribution in [0.1, 0.15) is 18.9 Å². The van der Waals surface area contributed by atoms with Gasteiger partial charge in [0, 0.05) is 19.1 Å². The number of phenolic OH excluding ortho intramolecular Hbond substituents is 1. The summed E-state index contributed by atoms with van der Waals surface area (Å²) in [6.07, 6.45) is 2.37. The van der Waals surface area contributed by atoms with Crippen molar-refractivity contribution in [3.05, 3.63) is 29.8 Å². The van der Waals surface area contributed by atoms with Crippen LogP contribution in [-0.2, 0) is 6.42 Å². The molecule has 0 radical (unpaired) electrons. The van der Waals surface area contributed by atoms with Crippen molar-refractivity contribution < 1.29 is 5.11 Å². The maximum Gasteiger partial charge on any atom is 0.115 e. The van der Waals surface area contributed by atoms with Crippen LogP contribution in [0.25, 0.3) is 0 Å². The lowest BCUT2D eigenvalue weighted by Crippen LogP contribution is -2.35. The Kier molecular flexibility index (Phi) is 4.83. The van der Waals surface area contributed by atoms with Gasteiger partial charge in [-0.1, -0.05) is 12.1 Å². The molecule has 19 heavy (non-hydrogen) atoms. The highest BCUT2D eigenvalue weighted by Gasteiger charge is 2.22. The molecule has 0 saturated carbocycles. The highest BCUT2D eigenvalue weighted by molar-refractivity contribution is 5.26. The van der Waals surface area contributed by atoms with Crippen molar-refractivity contribution in [3.8, 4) is 5.75 Å². The predicted molar refractivity (Wildman–Crippen MR) is 79.5 cm³/mol. The Balaban J connectivity index is 1.81. The Labute approximate surface area is 116 Å². The highest BCUT2D eigenvalue weighted by atomic mass is 16.3. The van der Waals surface area contributed by atoms with Gasteiger partial charge in [-0.25, -0.2) is 0 Å². The van der Waals surface area contributed by atoms with E-state index in [2.05, 4.69) is 30.8 Å². The van der Waals surface area contributed by atoms with Gasteiger partial charge in [0.1, 0.15) is 5.75 Å². The summed E-state index contributed by atoms with van der Waals surface area (Å²) in [6.45, 7) is 5.94. The number of aromatic hydroxyl groups is 1. The fourth-order valence-electron chi connectivity index (χ4n) is 2.89. The monoisotopic (exact) mass is 262 g/mol. The van der Waals surface area contributed by atoms with Gasteiger partial charge in [0.05, 0.1) is 0 Å². The third-order valence-corrected chi connectivity index (χ3v) is 4.26. The molecule has 3 nitrogen and oxygen atoms in total. The van der Waals surface area contributed by atoms with Crippen LogP contribution in [0.2, 0.25) is 0 Å². The van der Waals surface area contributed by atoms with E-state index >= 15 is 0 Å². The maximum atomic E-state index is 9.30. The minimum absolute atomic E-state index is 0.346. The number of hydrogen-bond acceptors (Lipinski definition) is 3. The lowest BCUT2D eigenvalue weighted by molar-refractivity contribution is 0.217. The average Bonchev–Trinajstić information content (AvgIpc) is 2.77. The molecule has 0 aromatic heterocycles. The normalized spacial score (nSPS) is 22.0. The second-order valence-electron chi connectivity index (χ2n) is 6.08. The van der Waals surface area contributed by atoms with Gasteiger partial charge in [-0.05, 0) is 64.0 Å². The van der Waals surface area contributed by atoms with E-state index < -0.39 is 0 Å². The van der Waals surface area contributed by atoms with Crippen molar-refractivity contribution >= 4 is 0 Å². The van der Waals surface area contributed by atoms with Crippen molar-refractivity contribution in [3.63, 3.8) is 0 Å². The Morgan fingerprint density at radius 1 is 1.37 bits per heavy atom. The quantitative estimate of drug-likeness (QED) is 0.881. The molecule has 1 N–H and O–H groups in total. The smallest absolute Gasteiger partial charge is 0.115 e. The summed E-state index contributed by atoms with van der Waals surface area (Å²) in [5.74, 6) is 1.16. The molecule has 0 aliphatic carbocycles. The van der Waals surface area contributed by atoms with Crippen LogP contribution in [0.5, 0.6) is 5.75 Å². The van der Waals surface area contributed by atoms with Crippen LogP contribution in [-0.4, -0.2) is 54.7 Å². The van der Waals surface area contributed by atoms with Crippen molar-refractivity contribution in [1.29, 1.82) is 0 Å². The summed E-state index contributed by atoms with van der Waals surface area (Å²) in [5, 5.41) is 9.30. The van der Waals surface area contributed by atoms with E-state index in [0.29, 0.717) is 11.8 Å². The Hall–Kier alpha value is -1.06. The molecule has 1 fully saturated rings. The Morgan fingerprint density at radius 2 is 2.05 bits per heavy atom. The van der Waals surface area contributed by atoms with Gasteiger partial charge in [-0.3, -0.25) is 0 Å². The van der Waals surface area contributed by atoms with E-state index in [4.69, 9.17) is 0 Å².